The SMILES string of the molecule is CCCc1ccc(CCNC(C)=O)cc1. The number of amides is 1. The van der Waals surface area contributed by atoms with Crippen LogP contribution in [0.5, 0.6) is 0 Å². The van der Waals surface area contributed by atoms with Crippen molar-refractivity contribution < 1.29 is 4.79 Å². The maximum absolute atomic E-state index is 10.7. The molecule has 1 amide bonds. The average molecular weight is 205 g/mol. The van der Waals surface area contributed by atoms with Crippen molar-refractivity contribution >= 4 is 5.91 Å². The Kier molecular flexibility index (Phi) is 4.88. The van der Waals surface area contributed by atoms with E-state index in [2.05, 4.69) is 36.5 Å². The maximum atomic E-state index is 10.7. The third-order valence-electron chi connectivity index (χ3n) is 2.35. The quantitative estimate of drug-likeness (QED) is 0.785. The van der Waals surface area contributed by atoms with Gasteiger partial charge in [0.15, 0.2) is 0 Å². The molecule has 0 heterocycles. The molecule has 0 radical (unpaired) electrons. The number of hydrogen-bond acceptors (Lipinski definition) is 1. The number of hydrogen-bond donors (Lipinski definition) is 1. The monoisotopic (exact) mass is 205 g/mol. The van der Waals surface area contributed by atoms with Crippen molar-refractivity contribution in [2.24, 2.45) is 0 Å². The molecule has 1 aromatic rings. The summed E-state index contributed by atoms with van der Waals surface area (Å²) in [5.74, 6) is 0.0394. The number of nitrogens with one attached hydrogen (secondary N) is 1. The molecule has 0 spiro atoms. The minimum atomic E-state index is 0.0394. The largest absolute Gasteiger partial charge is 0.356 e. The second-order valence-corrected chi connectivity index (χ2v) is 3.80. The Balaban J connectivity index is 2.39. The highest BCUT2D eigenvalue weighted by Crippen LogP contribution is 2.06. The lowest BCUT2D eigenvalue weighted by molar-refractivity contribution is -0.118. The second-order valence-electron chi connectivity index (χ2n) is 3.80. The third-order valence-corrected chi connectivity index (χ3v) is 2.35. The first-order valence-electron chi connectivity index (χ1n) is 5.54. The molecule has 0 saturated heterocycles. The fourth-order valence-electron chi connectivity index (χ4n) is 1.54. The Morgan fingerprint density at radius 3 is 2.13 bits per heavy atom. The van der Waals surface area contributed by atoms with E-state index < -0.39 is 0 Å². The van der Waals surface area contributed by atoms with Crippen molar-refractivity contribution in [2.45, 2.75) is 33.1 Å². The summed E-state index contributed by atoms with van der Waals surface area (Å²) in [5, 5.41) is 2.79. The van der Waals surface area contributed by atoms with Crippen LogP contribution in [0.1, 0.15) is 31.4 Å². The molecular formula is C13H19NO. The lowest BCUT2D eigenvalue weighted by Crippen LogP contribution is -2.22. The molecule has 1 rings (SSSR count). The topological polar surface area (TPSA) is 29.1 Å². The van der Waals surface area contributed by atoms with E-state index in [-0.39, 0.29) is 5.91 Å². The zero-order valence-corrected chi connectivity index (χ0v) is 9.55. The van der Waals surface area contributed by atoms with Crippen LogP contribution in [0, 0.1) is 0 Å². The van der Waals surface area contributed by atoms with Crippen molar-refractivity contribution in [3.05, 3.63) is 35.4 Å². The highest BCUT2D eigenvalue weighted by Gasteiger charge is 1.95. The molecule has 2 nitrogen and oxygen atoms in total. The zero-order valence-electron chi connectivity index (χ0n) is 9.55. The first kappa shape index (κ1) is 11.8. The second kappa shape index (κ2) is 6.23. The van der Waals surface area contributed by atoms with Crippen LogP contribution >= 0.6 is 0 Å². The molecule has 82 valence electrons. The van der Waals surface area contributed by atoms with E-state index >= 15 is 0 Å². The van der Waals surface area contributed by atoms with Gasteiger partial charge in [-0.2, -0.15) is 0 Å². The Morgan fingerprint density at radius 1 is 1.13 bits per heavy atom. The van der Waals surface area contributed by atoms with Gasteiger partial charge in [-0.3, -0.25) is 4.79 Å². The van der Waals surface area contributed by atoms with Gasteiger partial charge in [0, 0.05) is 13.5 Å². The third kappa shape index (κ3) is 4.63. The van der Waals surface area contributed by atoms with Gasteiger partial charge in [-0.05, 0) is 24.0 Å². The van der Waals surface area contributed by atoms with Gasteiger partial charge in [-0.25, -0.2) is 0 Å². The van der Waals surface area contributed by atoms with E-state index in [0.29, 0.717) is 0 Å². The van der Waals surface area contributed by atoms with Gasteiger partial charge < -0.3 is 5.32 Å². The molecule has 15 heavy (non-hydrogen) atoms. The number of carbonyl (C=O) groups is 1. The summed E-state index contributed by atoms with van der Waals surface area (Å²) >= 11 is 0. The Morgan fingerprint density at radius 2 is 1.67 bits per heavy atom. The Hall–Kier alpha value is -1.31. The van der Waals surface area contributed by atoms with Gasteiger partial charge in [0.2, 0.25) is 5.91 Å². The van der Waals surface area contributed by atoms with Crippen molar-refractivity contribution in [3.8, 4) is 0 Å². The van der Waals surface area contributed by atoms with Gasteiger partial charge in [0.05, 0.1) is 0 Å². The van der Waals surface area contributed by atoms with Crippen molar-refractivity contribution in [1.82, 2.24) is 5.32 Å². The summed E-state index contributed by atoms with van der Waals surface area (Å²) in [6.07, 6.45) is 3.24. The van der Waals surface area contributed by atoms with Gasteiger partial charge >= 0.3 is 0 Å². The number of benzene rings is 1. The number of rotatable bonds is 5. The summed E-state index contributed by atoms with van der Waals surface area (Å²) in [5.41, 5.74) is 2.67. The predicted molar refractivity (Wildman–Crippen MR) is 62.8 cm³/mol. The summed E-state index contributed by atoms with van der Waals surface area (Å²) in [4.78, 5) is 10.7. The van der Waals surface area contributed by atoms with Gasteiger partial charge in [0.1, 0.15) is 0 Å². The Bertz CT molecular complexity index is 303. The first-order valence-corrected chi connectivity index (χ1v) is 5.54. The smallest absolute Gasteiger partial charge is 0.216 e. The van der Waals surface area contributed by atoms with E-state index in [0.717, 1.165) is 19.4 Å². The van der Waals surface area contributed by atoms with E-state index in [9.17, 15) is 4.79 Å². The van der Waals surface area contributed by atoms with E-state index in [1.807, 2.05) is 0 Å². The summed E-state index contributed by atoms with van der Waals surface area (Å²) < 4.78 is 0. The van der Waals surface area contributed by atoms with Crippen LogP contribution in [0.3, 0.4) is 0 Å². The minimum Gasteiger partial charge on any atom is -0.356 e. The van der Waals surface area contributed by atoms with Crippen molar-refractivity contribution in [2.75, 3.05) is 6.54 Å². The van der Waals surface area contributed by atoms with E-state index in [1.165, 1.54) is 17.5 Å². The predicted octanol–water partition coefficient (Wildman–Crippen LogP) is 2.32. The van der Waals surface area contributed by atoms with Crippen molar-refractivity contribution in [3.63, 3.8) is 0 Å². The molecule has 0 aliphatic rings. The first-order chi connectivity index (χ1) is 7.22. The molecule has 0 aromatic heterocycles. The molecule has 0 fully saturated rings. The molecule has 2 heteroatoms. The molecule has 0 aliphatic carbocycles. The summed E-state index contributed by atoms with van der Waals surface area (Å²) in [6.45, 7) is 4.46. The van der Waals surface area contributed by atoms with Crippen LogP contribution < -0.4 is 5.32 Å². The normalized spacial score (nSPS) is 10.0. The summed E-state index contributed by atoms with van der Waals surface area (Å²) in [6, 6.07) is 8.64. The summed E-state index contributed by atoms with van der Waals surface area (Å²) in [7, 11) is 0. The molecule has 1 aromatic carbocycles. The number of carbonyl (C=O) groups excluding carboxylic acids is 1. The van der Waals surface area contributed by atoms with E-state index in [1.54, 1.807) is 6.92 Å². The fraction of sp³-hybridized carbons (Fsp3) is 0.462. The molecule has 0 saturated carbocycles. The molecule has 0 atom stereocenters. The van der Waals surface area contributed by atoms with Crippen LogP contribution in [0.2, 0.25) is 0 Å². The molecular weight excluding hydrogens is 186 g/mol. The standard InChI is InChI=1S/C13H19NO/c1-3-4-12-5-7-13(8-6-12)9-10-14-11(2)15/h5-8H,3-4,9-10H2,1-2H3,(H,14,15). The lowest BCUT2D eigenvalue weighted by Gasteiger charge is -2.04. The van der Waals surface area contributed by atoms with Crippen LogP contribution in [-0.2, 0) is 17.6 Å². The van der Waals surface area contributed by atoms with Crippen LogP contribution in [0.25, 0.3) is 0 Å². The Labute approximate surface area is 91.7 Å². The maximum Gasteiger partial charge on any atom is 0.216 e. The van der Waals surface area contributed by atoms with Gasteiger partial charge in [-0.15, -0.1) is 0 Å². The average Bonchev–Trinajstić information content (AvgIpc) is 2.20. The van der Waals surface area contributed by atoms with Crippen LogP contribution in [-0.4, -0.2) is 12.5 Å². The zero-order chi connectivity index (χ0) is 11.1. The molecule has 0 bridgehead atoms. The fourth-order valence-corrected chi connectivity index (χ4v) is 1.54. The highest BCUT2D eigenvalue weighted by atomic mass is 16.1. The van der Waals surface area contributed by atoms with Gasteiger partial charge in [-0.1, -0.05) is 37.6 Å². The van der Waals surface area contributed by atoms with E-state index in [4.69, 9.17) is 0 Å². The number of aryl methyl sites for hydroxylation is 1. The molecule has 1 N–H and O–H groups in total. The van der Waals surface area contributed by atoms with Crippen LogP contribution in [0.15, 0.2) is 24.3 Å². The lowest BCUT2D eigenvalue weighted by atomic mass is 10.1. The van der Waals surface area contributed by atoms with Gasteiger partial charge in [0.25, 0.3) is 0 Å². The molecule has 0 unspecified atom stereocenters. The van der Waals surface area contributed by atoms with Crippen LogP contribution in [0.4, 0.5) is 0 Å². The molecule has 0 aliphatic heterocycles. The van der Waals surface area contributed by atoms with Crippen molar-refractivity contribution in [1.29, 1.82) is 0 Å². The highest BCUT2D eigenvalue weighted by molar-refractivity contribution is 5.72. The minimum absolute atomic E-state index is 0.0394.